The van der Waals surface area contributed by atoms with Crippen LogP contribution < -0.4 is 5.32 Å². The van der Waals surface area contributed by atoms with Crippen molar-refractivity contribution in [2.45, 2.75) is 25.7 Å². The van der Waals surface area contributed by atoms with Crippen LogP contribution in [0.4, 0.5) is 0 Å². The molecule has 1 aromatic rings. The number of hydrogen-bond donors (Lipinski definition) is 2. The van der Waals surface area contributed by atoms with Crippen molar-refractivity contribution in [1.29, 1.82) is 0 Å². The largest absolute Gasteiger partial charge is 0.461 e. The molecule has 0 amide bonds. The van der Waals surface area contributed by atoms with E-state index in [1.54, 1.807) is 27.8 Å². The number of aromatic amines is 1. The number of ether oxygens (including phenoxy) is 1. The van der Waals surface area contributed by atoms with Crippen LogP contribution in [0.15, 0.2) is 4.90 Å². The number of sulfonamides is 1. The minimum absolute atomic E-state index is 0.143. The molecule has 0 fully saturated rings. The molecule has 0 saturated carbocycles. The molecule has 21 heavy (non-hydrogen) atoms. The molecule has 7 nitrogen and oxygen atoms in total. The highest BCUT2D eigenvalue weighted by atomic mass is 32.2. The maximum absolute atomic E-state index is 12.6. The fourth-order valence-corrected chi connectivity index (χ4v) is 3.64. The normalized spacial score (nSPS) is 11.9. The average Bonchev–Trinajstić information content (AvgIpc) is 2.71. The van der Waals surface area contributed by atoms with Gasteiger partial charge in [-0.15, -0.1) is 0 Å². The van der Waals surface area contributed by atoms with Crippen LogP contribution in [0, 0.1) is 13.8 Å². The van der Waals surface area contributed by atoms with Crippen LogP contribution in [0.2, 0.25) is 0 Å². The summed E-state index contributed by atoms with van der Waals surface area (Å²) in [6.45, 7) is 6.07. The summed E-state index contributed by atoms with van der Waals surface area (Å²) in [4.78, 5) is 14.8. The predicted octanol–water partition coefficient (Wildman–Crippen LogP) is 0.648. The Bertz CT molecular complexity index is 607. The molecule has 0 aromatic carbocycles. The molecule has 0 bridgehead atoms. The van der Waals surface area contributed by atoms with Crippen molar-refractivity contribution in [3.8, 4) is 0 Å². The van der Waals surface area contributed by atoms with Crippen LogP contribution in [-0.2, 0) is 14.8 Å². The van der Waals surface area contributed by atoms with Gasteiger partial charge in [-0.2, -0.15) is 4.31 Å². The molecule has 1 rings (SSSR count). The number of nitrogens with zero attached hydrogens (tertiary/aromatic N) is 1. The fraction of sp³-hybridized carbons (Fsp3) is 0.615. The van der Waals surface area contributed by atoms with E-state index in [2.05, 4.69) is 10.3 Å². The number of aromatic nitrogens is 1. The Morgan fingerprint density at radius 3 is 2.52 bits per heavy atom. The molecule has 0 unspecified atom stereocenters. The van der Waals surface area contributed by atoms with Gasteiger partial charge >= 0.3 is 5.97 Å². The maximum Gasteiger partial charge on any atom is 0.355 e. The van der Waals surface area contributed by atoms with Crippen LogP contribution in [0.5, 0.6) is 0 Å². The van der Waals surface area contributed by atoms with E-state index in [1.165, 1.54) is 11.4 Å². The predicted molar refractivity (Wildman–Crippen MR) is 80.0 cm³/mol. The van der Waals surface area contributed by atoms with Gasteiger partial charge in [0.2, 0.25) is 10.0 Å². The van der Waals surface area contributed by atoms with Crippen LogP contribution >= 0.6 is 0 Å². The van der Waals surface area contributed by atoms with E-state index in [-0.39, 0.29) is 17.2 Å². The minimum Gasteiger partial charge on any atom is -0.461 e. The zero-order valence-corrected chi connectivity index (χ0v) is 13.9. The van der Waals surface area contributed by atoms with Gasteiger partial charge in [-0.25, -0.2) is 13.2 Å². The summed E-state index contributed by atoms with van der Waals surface area (Å²) in [5.41, 5.74) is 1.02. The van der Waals surface area contributed by atoms with Crippen molar-refractivity contribution in [3.63, 3.8) is 0 Å². The zero-order valence-electron chi connectivity index (χ0n) is 13.1. The molecule has 1 aromatic heterocycles. The molecule has 0 saturated heterocycles. The minimum atomic E-state index is -3.65. The molecule has 1 heterocycles. The summed E-state index contributed by atoms with van der Waals surface area (Å²) in [5.74, 6) is -0.544. The number of carbonyl (C=O) groups excluding carboxylic acids is 1. The molecule has 2 N–H and O–H groups in total. The number of rotatable bonds is 7. The lowest BCUT2D eigenvalue weighted by molar-refractivity contribution is 0.0519. The lowest BCUT2D eigenvalue weighted by Crippen LogP contribution is -2.33. The number of carbonyl (C=O) groups is 1. The molecule has 120 valence electrons. The Hall–Kier alpha value is -1.38. The molecule has 0 atom stereocenters. The molecule has 0 radical (unpaired) electrons. The fourth-order valence-electron chi connectivity index (χ4n) is 2.07. The molecule has 0 aliphatic rings. The Morgan fingerprint density at radius 2 is 2.00 bits per heavy atom. The van der Waals surface area contributed by atoms with Gasteiger partial charge in [0, 0.05) is 31.4 Å². The second-order valence-corrected chi connectivity index (χ2v) is 6.71. The lowest BCUT2D eigenvalue weighted by atomic mass is 10.2. The lowest BCUT2D eigenvalue weighted by Gasteiger charge is -2.17. The van der Waals surface area contributed by atoms with E-state index in [1.807, 2.05) is 0 Å². The molecule has 8 heteroatoms. The van der Waals surface area contributed by atoms with Crippen molar-refractivity contribution in [1.82, 2.24) is 14.6 Å². The zero-order chi connectivity index (χ0) is 16.2. The van der Waals surface area contributed by atoms with E-state index in [4.69, 9.17) is 4.74 Å². The number of aryl methyl sites for hydroxylation is 1. The number of likely N-dealkylation sites (N-methyl/N-ethyl adjacent to an activating group) is 2. The summed E-state index contributed by atoms with van der Waals surface area (Å²) in [5, 5.41) is 2.90. The first-order chi connectivity index (χ1) is 9.77. The van der Waals surface area contributed by atoms with Crippen molar-refractivity contribution in [2.24, 2.45) is 0 Å². The molecule has 0 aliphatic carbocycles. The number of H-pyrrole nitrogens is 1. The van der Waals surface area contributed by atoms with Crippen molar-refractivity contribution < 1.29 is 17.9 Å². The Balaban J connectivity index is 3.22. The smallest absolute Gasteiger partial charge is 0.355 e. The van der Waals surface area contributed by atoms with Crippen LogP contribution in [0.1, 0.15) is 28.7 Å². The van der Waals surface area contributed by atoms with Crippen molar-refractivity contribution >= 4 is 16.0 Å². The molecular formula is C13H23N3O4S. The summed E-state index contributed by atoms with van der Waals surface area (Å²) in [6.07, 6.45) is 0. The Kier molecular flexibility index (Phi) is 5.94. The van der Waals surface area contributed by atoms with Crippen LogP contribution in [0.3, 0.4) is 0 Å². The molecule has 0 spiro atoms. The van der Waals surface area contributed by atoms with Crippen LogP contribution in [0.25, 0.3) is 0 Å². The van der Waals surface area contributed by atoms with E-state index in [0.29, 0.717) is 24.3 Å². The van der Waals surface area contributed by atoms with Gasteiger partial charge in [0.25, 0.3) is 0 Å². The van der Waals surface area contributed by atoms with Gasteiger partial charge in [-0.3, -0.25) is 0 Å². The molecular weight excluding hydrogens is 294 g/mol. The number of esters is 1. The van der Waals surface area contributed by atoms with Gasteiger partial charge in [0.1, 0.15) is 10.6 Å². The van der Waals surface area contributed by atoms with Gasteiger partial charge in [-0.1, -0.05) is 0 Å². The van der Waals surface area contributed by atoms with Crippen molar-refractivity contribution in [2.75, 3.05) is 33.8 Å². The first-order valence-corrected chi connectivity index (χ1v) is 8.18. The summed E-state index contributed by atoms with van der Waals surface area (Å²) >= 11 is 0. The topological polar surface area (TPSA) is 91.5 Å². The highest BCUT2D eigenvalue weighted by Gasteiger charge is 2.29. The third-order valence-electron chi connectivity index (χ3n) is 3.19. The Labute approximate surface area is 125 Å². The van der Waals surface area contributed by atoms with E-state index >= 15 is 0 Å². The summed E-state index contributed by atoms with van der Waals surface area (Å²) in [6, 6.07) is 0. The van der Waals surface area contributed by atoms with Crippen LogP contribution in [-0.4, -0.2) is 57.5 Å². The first kappa shape index (κ1) is 17.7. The third-order valence-corrected chi connectivity index (χ3v) is 5.32. The highest BCUT2D eigenvalue weighted by Crippen LogP contribution is 2.26. The Morgan fingerprint density at radius 1 is 1.38 bits per heavy atom. The second kappa shape index (κ2) is 7.06. The average molecular weight is 317 g/mol. The number of hydrogen-bond acceptors (Lipinski definition) is 5. The van der Waals surface area contributed by atoms with E-state index < -0.39 is 16.0 Å². The third kappa shape index (κ3) is 3.63. The second-order valence-electron chi connectivity index (χ2n) is 4.73. The highest BCUT2D eigenvalue weighted by molar-refractivity contribution is 7.89. The number of nitrogens with one attached hydrogen (secondary N) is 2. The standard InChI is InChI=1S/C13H23N3O4S/c1-6-20-13(17)11-9(2)12(10(3)15-11)21(18,19)16(5)8-7-14-4/h14-15H,6-8H2,1-5H3. The van der Waals surface area contributed by atoms with Gasteiger partial charge in [0.05, 0.1) is 6.61 Å². The van der Waals surface area contributed by atoms with Gasteiger partial charge in [-0.05, 0) is 27.8 Å². The first-order valence-electron chi connectivity index (χ1n) is 6.74. The van der Waals surface area contributed by atoms with Gasteiger partial charge in [0.15, 0.2) is 0 Å². The van der Waals surface area contributed by atoms with Gasteiger partial charge < -0.3 is 15.0 Å². The maximum atomic E-state index is 12.6. The monoisotopic (exact) mass is 317 g/mol. The molecule has 0 aliphatic heterocycles. The summed E-state index contributed by atoms with van der Waals surface area (Å²) < 4.78 is 31.4. The van der Waals surface area contributed by atoms with Crippen molar-refractivity contribution in [3.05, 3.63) is 17.0 Å². The van der Waals surface area contributed by atoms with E-state index in [9.17, 15) is 13.2 Å². The quantitative estimate of drug-likeness (QED) is 0.720. The SMILES string of the molecule is CCOC(=O)c1[nH]c(C)c(S(=O)(=O)N(C)CCNC)c1C. The van der Waals surface area contributed by atoms with E-state index in [0.717, 1.165) is 0 Å². The summed E-state index contributed by atoms with van der Waals surface area (Å²) in [7, 11) is -0.373.